The second kappa shape index (κ2) is 9.54. The number of carbonyl (C=O) groups excluding carboxylic acids is 1. The number of thiocarbonyl (C=S) groups is 1. The predicted octanol–water partition coefficient (Wildman–Crippen LogP) is 6.73. The van der Waals surface area contributed by atoms with Gasteiger partial charge in [-0.2, -0.15) is 5.10 Å². The van der Waals surface area contributed by atoms with Crippen molar-refractivity contribution in [1.29, 1.82) is 0 Å². The quantitative estimate of drug-likeness (QED) is 0.222. The minimum atomic E-state index is -0.320. The summed E-state index contributed by atoms with van der Waals surface area (Å²) >= 11 is 12.8. The van der Waals surface area contributed by atoms with Gasteiger partial charge in [0.1, 0.15) is 10.1 Å². The summed E-state index contributed by atoms with van der Waals surface area (Å²) in [6.45, 7) is 0.287. The molecule has 8 heteroatoms. The molecule has 168 valence electrons. The van der Waals surface area contributed by atoms with E-state index in [9.17, 15) is 9.18 Å². The number of benzene rings is 3. The Morgan fingerprint density at radius 2 is 1.71 bits per heavy atom. The van der Waals surface area contributed by atoms with Crippen LogP contribution in [0.25, 0.3) is 23.0 Å². The van der Waals surface area contributed by atoms with Crippen molar-refractivity contribution in [2.75, 3.05) is 0 Å². The molecule has 4 nitrogen and oxygen atoms in total. The fourth-order valence-electron chi connectivity index (χ4n) is 3.59. The van der Waals surface area contributed by atoms with Crippen LogP contribution in [0.5, 0.6) is 0 Å². The lowest BCUT2D eigenvalue weighted by atomic mass is 10.1. The van der Waals surface area contributed by atoms with E-state index >= 15 is 0 Å². The first-order valence-electron chi connectivity index (χ1n) is 10.4. The lowest BCUT2D eigenvalue weighted by molar-refractivity contribution is -0.122. The van der Waals surface area contributed by atoms with Crippen LogP contribution in [0.15, 0.2) is 90.0 Å². The molecule has 1 aromatic heterocycles. The monoisotopic (exact) mass is 505 g/mol. The molecule has 1 fully saturated rings. The molecule has 3 aromatic carbocycles. The number of para-hydroxylation sites is 1. The van der Waals surface area contributed by atoms with Gasteiger partial charge in [-0.3, -0.25) is 9.69 Å². The number of nitrogens with zero attached hydrogens (tertiary/aromatic N) is 3. The Morgan fingerprint density at radius 1 is 1.00 bits per heavy atom. The molecule has 2 heterocycles. The molecule has 0 radical (unpaired) electrons. The number of aromatic nitrogens is 2. The first-order chi connectivity index (χ1) is 16.5. The molecule has 1 amide bonds. The van der Waals surface area contributed by atoms with Crippen molar-refractivity contribution in [2.45, 2.75) is 6.54 Å². The molecule has 0 saturated carbocycles. The van der Waals surface area contributed by atoms with Gasteiger partial charge >= 0.3 is 0 Å². The topological polar surface area (TPSA) is 38.1 Å². The SMILES string of the molecule is O=C1C(=Cc2cn(-c3ccccc3)nc2-c2ccc(Cl)cc2)SC(=S)N1Cc1ccc(F)cc1. The van der Waals surface area contributed by atoms with Crippen LogP contribution in [0.2, 0.25) is 5.02 Å². The van der Waals surface area contributed by atoms with E-state index in [1.54, 1.807) is 16.8 Å². The number of hydrogen-bond acceptors (Lipinski definition) is 4. The summed E-state index contributed by atoms with van der Waals surface area (Å²) in [6, 6.07) is 23.2. The average Bonchev–Trinajstić information content (AvgIpc) is 3.38. The van der Waals surface area contributed by atoms with Crippen LogP contribution < -0.4 is 0 Å². The molecule has 1 saturated heterocycles. The maximum atomic E-state index is 13.2. The number of halogens is 2. The molecule has 34 heavy (non-hydrogen) atoms. The minimum absolute atomic E-state index is 0.186. The molecule has 0 spiro atoms. The molecule has 0 unspecified atom stereocenters. The number of hydrogen-bond donors (Lipinski definition) is 0. The van der Waals surface area contributed by atoms with Crippen LogP contribution in [0.1, 0.15) is 11.1 Å². The van der Waals surface area contributed by atoms with Crippen molar-refractivity contribution in [3.05, 3.63) is 112 Å². The maximum absolute atomic E-state index is 13.2. The molecule has 5 rings (SSSR count). The Labute approximate surface area is 210 Å². The van der Waals surface area contributed by atoms with Crippen LogP contribution in [-0.4, -0.2) is 24.9 Å². The van der Waals surface area contributed by atoms with Crippen LogP contribution in [0.3, 0.4) is 0 Å². The van der Waals surface area contributed by atoms with Gasteiger partial charge in [0.15, 0.2) is 0 Å². The normalized spacial score (nSPS) is 14.9. The fourth-order valence-corrected chi connectivity index (χ4v) is 4.96. The van der Waals surface area contributed by atoms with Crippen LogP contribution >= 0.6 is 35.6 Å². The van der Waals surface area contributed by atoms with Gasteiger partial charge in [-0.15, -0.1) is 0 Å². The Bertz CT molecular complexity index is 1400. The third kappa shape index (κ3) is 4.68. The van der Waals surface area contributed by atoms with Crippen molar-refractivity contribution >= 4 is 51.9 Å². The standard InChI is InChI=1S/C26H17ClFN3OS2/c27-20-10-8-18(9-11-20)24-19(16-31(29-24)22-4-2-1-3-5-22)14-23-25(32)30(26(33)34-23)15-17-6-12-21(28)13-7-17/h1-14,16H,15H2. The smallest absolute Gasteiger partial charge is 0.266 e. The largest absolute Gasteiger partial charge is 0.288 e. The van der Waals surface area contributed by atoms with E-state index in [0.717, 1.165) is 28.1 Å². The molecule has 4 aromatic rings. The Hall–Kier alpha value is -3.26. The molecule has 1 aliphatic rings. The second-order valence-corrected chi connectivity index (χ2v) is 9.73. The number of amides is 1. The predicted molar refractivity (Wildman–Crippen MR) is 139 cm³/mol. The highest BCUT2D eigenvalue weighted by Gasteiger charge is 2.32. The Balaban J connectivity index is 1.51. The third-order valence-electron chi connectivity index (χ3n) is 5.30. The Morgan fingerprint density at radius 3 is 2.41 bits per heavy atom. The van der Waals surface area contributed by atoms with E-state index in [0.29, 0.717) is 14.2 Å². The van der Waals surface area contributed by atoms with Gasteiger partial charge in [0.05, 0.1) is 22.8 Å². The molecular formula is C26H17ClFN3OS2. The molecule has 0 bridgehead atoms. The number of rotatable bonds is 5. The van der Waals surface area contributed by atoms with Crippen LogP contribution in [0.4, 0.5) is 4.39 Å². The van der Waals surface area contributed by atoms with Crippen molar-refractivity contribution in [1.82, 2.24) is 14.7 Å². The van der Waals surface area contributed by atoms with Crippen molar-refractivity contribution < 1.29 is 9.18 Å². The summed E-state index contributed by atoms with van der Waals surface area (Å²) in [5, 5.41) is 5.42. The van der Waals surface area contributed by atoms with Gasteiger partial charge in [0, 0.05) is 22.3 Å². The van der Waals surface area contributed by atoms with E-state index in [4.69, 9.17) is 28.9 Å². The lowest BCUT2D eigenvalue weighted by Gasteiger charge is -2.14. The summed E-state index contributed by atoms with van der Waals surface area (Å²) in [6.07, 6.45) is 3.71. The third-order valence-corrected chi connectivity index (χ3v) is 6.92. The highest BCUT2D eigenvalue weighted by molar-refractivity contribution is 8.26. The summed E-state index contributed by atoms with van der Waals surface area (Å²) < 4.78 is 15.5. The van der Waals surface area contributed by atoms with Gasteiger partial charge in [0.25, 0.3) is 5.91 Å². The minimum Gasteiger partial charge on any atom is -0.288 e. The van der Waals surface area contributed by atoms with E-state index in [1.165, 1.54) is 28.8 Å². The first-order valence-corrected chi connectivity index (χ1v) is 12.0. The van der Waals surface area contributed by atoms with Crippen molar-refractivity contribution in [2.24, 2.45) is 0 Å². The van der Waals surface area contributed by atoms with Gasteiger partial charge in [-0.25, -0.2) is 9.07 Å². The van der Waals surface area contributed by atoms with E-state index in [-0.39, 0.29) is 18.3 Å². The van der Waals surface area contributed by atoms with E-state index < -0.39 is 0 Å². The Kier molecular flexibility index (Phi) is 6.32. The zero-order valence-electron chi connectivity index (χ0n) is 17.7. The second-order valence-electron chi connectivity index (χ2n) is 7.61. The van der Waals surface area contributed by atoms with Crippen LogP contribution in [-0.2, 0) is 11.3 Å². The van der Waals surface area contributed by atoms with Crippen LogP contribution in [0, 0.1) is 5.82 Å². The molecule has 0 N–H and O–H groups in total. The van der Waals surface area contributed by atoms with E-state index in [1.807, 2.05) is 66.9 Å². The highest BCUT2D eigenvalue weighted by Crippen LogP contribution is 2.36. The van der Waals surface area contributed by atoms with Crippen molar-refractivity contribution in [3.8, 4) is 16.9 Å². The molecule has 0 atom stereocenters. The molecule has 0 aliphatic carbocycles. The average molecular weight is 506 g/mol. The summed E-state index contributed by atoms with van der Waals surface area (Å²) in [5.74, 6) is -0.506. The maximum Gasteiger partial charge on any atom is 0.266 e. The fraction of sp³-hybridized carbons (Fsp3) is 0.0385. The zero-order chi connectivity index (χ0) is 23.7. The zero-order valence-corrected chi connectivity index (χ0v) is 20.1. The first kappa shape index (κ1) is 22.5. The van der Waals surface area contributed by atoms with Gasteiger partial charge in [-0.1, -0.05) is 78.0 Å². The molecular weight excluding hydrogens is 489 g/mol. The van der Waals surface area contributed by atoms with Gasteiger partial charge < -0.3 is 0 Å². The van der Waals surface area contributed by atoms with E-state index in [2.05, 4.69) is 0 Å². The summed E-state index contributed by atoms with van der Waals surface area (Å²) in [5.41, 5.74) is 4.10. The summed E-state index contributed by atoms with van der Waals surface area (Å²) in [7, 11) is 0. The van der Waals surface area contributed by atoms with Gasteiger partial charge in [-0.05, 0) is 48.0 Å². The number of carbonyl (C=O) groups is 1. The highest BCUT2D eigenvalue weighted by atomic mass is 35.5. The summed E-state index contributed by atoms with van der Waals surface area (Å²) in [4.78, 5) is 15.2. The number of thioether (sulfide) groups is 1. The molecule has 1 aliphatic heterocycles. The van der Waals surface area contributed by atoms with Crippen molar-refractivity contribution in [3.63, 3.8) is 0 Å². The van der Waals surface area contributed by atoms with Gasteiger partial charge in [0.2, 0.25) is 0 Å². The lowest BCUT2D eigenvalue weighted by Crippen LogP contribution is -2.27.